The van der Waals surface area contributed by atoms with Crippen LogP contribution in [0.3, 0.4) is 0 Å². The van der Waals surface area contributed by atoms with Crippen molar-refractivity contribution in [1.29, 1.82) is 0 Å². The summed E-state index contributed by atoms with van der Waals surface area (Å²) in [4.78, 5) is 6.52. The molecule has 0 unspecified atom stereocenters. The standard InChI is InChI=1S/C19H21ClN2O3/c20-17-8-19-18(24-13-25-19)7-15(17)10-22-6-2-4-16(11-22)23-12-14-3-1-5-21-9-14/h1,3,5,7-9,16H,2,4,6,10-13H2/t16-/m0/s1. The number of benzene rings is 1. The average Bonchev–Trinajstić information content (AvgIpc) is 3.09. The number of piperidine rings is 1. The lowest BCUT2D eigenvalue weighted by Crippen LogP contribution is -2.39. The van der Waals surface area contributed by atoms with Gasteiger partial charge in [0.1, 0.15) is 0 Å². The zero-order chi connectivity index (χ0) is 17.1. The van der Waals surface area contributed by atoms with Gasteiger partial charge >= 0.3 is 0 Å². The molecule has 5 nitrogen and oxygen atoms in total. The van der Waals surface area contributed by atoms with Gasteiger partial charge in [0.05, 0.1) is 12.7 Å². The minimum absolute atomic E-state index is 0.238. The van der Waals surface area contributed by atoms with Crippen molar-refractivity contribution < 1.29 is 14.2 Å². The second-order valence-electron chi connectivity index (χ2n) is 6.47. The predicted octanol–water partition coefficient (Wildman–Crippen LogP) is 3.64. The zero-order valence-electron chi connectivity index (χ0n) is 14.0. The first-order valence-electron chi connectivity index (χ1n) is 8.59. The molecular formula is C19H21ClN2O3. The third-order valence-corrected chi connectivity index (χ3v) is 4.96. The van der Waals surface area contributed by atoms with Crippen LogP contribution in [0.5, 0.6) is 11.5 Å². The molecule has 1 saturated heterocycles. The molecule has 2 aromatic rings. The fraction of sp³-hybridized carbons (Fsp3) is 0.421. The Hall–Kier alpha value is -1.82. The van der Waals surface area contributed by atoms with E-state index in [1.807, 2.05) is 30.5 Å². The molecule has 0 radical (unpaired) electrons. The fourth-order valence-corrected chi connectivity index (χ4v) is 3.53. The third-order valence-electron chi connectivity index (χ3n) is 4.61. The van der Waals surface area contributed by atoms with Crippen molar-refractivity contribution in [2.75, 3.05) is 19.9 Å². The number of nitrogens with zero attached hydrogens (tertiary/aromatic N) is 2. The molecule has 3 heterocycles. The van der Waals surface area contributed by atoms with Crippen molar-refractivity contribution in [3.63, 3.8) is 0 Å². The number of ether oxygens (including phenoxy) is 3. The van der Waals surface area contributed by atoms with Crippen LogP contribution >= 0.6 is 11.6 Å². The van der Waals surface area contributed by atoms with Gasteiger partial charge in [0.2, 0.25) is 6.79 Å². The summed E-state index contributed by atoms with van der Waals surface area (Å²) in [7, 11) is 0. The van der Waals surface area contributed by atoms with Gasteiger partial charge in [-0.3, -0.25) is 9.88 Å². The number of hydrogen-bond donors (Lipinski definition) is 0. The number of pyridine rings is 1. The van der Waals surface area contributed by atoms with Crippen molar-refractivity contribution in [1.82, 2.24) is 9.88 Å². The van der Waals surface area contributed by atoms with E-state index in [4.69, 9.17) is 25.8 Å². The number of rotatable bonds is 5. The molecule has 0 amide bonds. The molecule has 1 fully saturated rings. The van der Waals surface area contributed by atoms with Crippen molar-refractivity contribution in [2.45, 2.75) is 32.1 Å². The Kier molecular flexibility index (Phi) is 5.06. The maximum Gasteiger partial charge on any atom is 0.231 e. The first-order chi connectivity index (χ1) is 12.3. The van der Waals surface area contributed by atoms with Crippen LogP contribution in [0.2, 0.25) is 5.02 Å². The molecule has 0 spiro atoms. The molecule has 25 heavy (non-hydrogen) atoms. The highest BCUT2D eigenvalue weighted by molar-refractivity contribution is 6.31. The molecule has 6 heteroatoms. The van der Waals surface area contributed by atoms with E-state index in [-0.39, 0.29) is 12.9 Å². The van der Waals surface area contributed by atoms with Crippen molar-refractivity contribution >= 4 is 11.6 Å². The molecule has 2 aliphatic rings. The quantitative estimate of drug-likeness (QED) is 0.814. The zero-order valence-corrected chi connectivity index (χ0v) is 14.7. The van der Waals surface area contributed by atoms with Gasteiger partial charge in [0.25, 0.3) is 0 Å². The van der Waals surface area contributed by atoms with E-state index in [9.17, 15) is 0 Å². The van der Waals surface area contributed by atoms with Gasteiger partial charge in [0, 0.05) is 36.6 Å². The molecule has 132 valence electrons. The summed E-state index contributed by atoms with van der Waals surface area (Å²) >= 11 is 6.40. The molecule has 0 saturated carbocycles. The highest BCUT2D eigenvalue weighted by Gasteiger charge is 2.23. The van der Waals surface area contributed by atoms with Crippen molar-refractivity contribution in [2.24, 2.45) is 0 Å². The molecule has 1 aromatic heterocycles. The van der Waals surface area contributed by atoms with Crippen molar-refractivity contribution in [3.8, 4) is 11.5 Å². The summed E-state index contributed by atoms with van der Waals surface area (Å²) in [5.41, 5.74) is 2.18. The minimum atomic E-state index is 0.238. The first kappa shape index (κ1) is 16.6. The van der Waals surface area contributed by atoms with Crippen LogP contribution in [-0.2, 0) is 17.9 Å². The van der Waals surface area contributed by atoms with E-state index in [2.05, 4.69) is 9.88 Å². The summed E-state index contributed by atoms with van der Waals surface area (Å²) in [6, 6.07) is 7.82. The number of aromatic nitrogens is 1. The van der Waals surface area contributed by atoms with Gasteiger partial charge in [-0.05, 0) is 42.6 Å². The Bertz CT molecular complexity index is 726. The maximum atomic E-state index is 6.40. The van der Waals surface area contributed by atoms with Crippen LogP contribution < -0.4 is 9.47 Å². The Morgan fingerprint density at radius 1 is 1.28 bits per heavy atom. The predicted molar refractivity (Wildman–Crippen MR) is 94.9 cm³/mol. The molecule has 0 bridgehead atoms. The van der Waals surface area contributed by atoms with E-state index < -0.39 is 0 Å². The highest BCUT2D eigenvalue weighted by Crippen LogP contribution is 2.37. The van der Waals surface area contributed by atoms with Crippen LogP contribution in [0.4, 0.5) is 0 Å². The summed E-state index contributed by atoms with van der Waals surface area (Å²) in [5, 5.41) is 0.725. The summed E-state index contributed by atoms with van der Waals surface area (Å²) in [5.74, 6) is 1.51. The number of hydrogen-bond acceptors (Lipinski definition) is 5. The summed E-state index contributed by atoms with van der Waals surface area (Å²) < 4.78 is 16.9. The van der Waals surface area contributed by atoms with E-state index in [0.29, 0.717) is 6.61 Å². The SMILES string of the molecule is Clc1cc2c(cc1CN1CCC[C@H](OCc3cccnc3)C1)OCO2. The van der Waals surface area contributed by atoms with Gasteiger partial charge in [-0.2, -0.15) is 0 Å². The number of likely N-dealkylation sites (tertiary alicyclic amines) is 1. The monoisotopic (exact) mass is 360 g/mol. The van der Waals surface area contributed by atoms with Gasteiger partial charge < -0.3 is 14.2 Å². The second-order valence-corrected chi connectivity index (χ2v) is 6.88. The number of fused-ring (bicyclic) bond motifs is 1. The first-order valence-corrected chi connectivity index (χ1v) is 8.96. The minimum Gasteiger partial charge on any atom is -0.454 e. The van der Waals surface area contributed by atoms with Crippen molar-refractivity contribution in [3.05, 3.63) is 52.8 Å². The third kappa shape index (κ3) is 4.06. The smallest absolute Gasteiger partial charge is 0.231 e. The average molecular weight is 361 g/mol. The topological polar surface area (TPSA) is 43.8 Å². The van der Waals surface area contributed by atoms with E-state index in [1.54, 1.807) is 6.20 Å². The van der Waals surface area contributed by atoms with E-state index in [1.165, 1.54) is 0 Å². The Morgan fingerprint density at radius 2 is 2.16 bits per heavy atom. The fourth-order valence-electron chi connectivity index (χ4n) is 3.31. The maximum absolute atomic E-state index is 6.40. The van der Waals surface area contributed by atoms with Crippen LogP contribution in [0.25, 0.3) is 0 Å². The largest absolute Gasteiger partial charge is 0.454 e. The normalized spacial score (nSPS) is 20.0. The van der Waals surface area contributed by atoms with Gasteiger partial charge in [-0.15, -0.1) is 0 Å². The second kappa shape index (κ2) is 7.60. The van der Waals surface area contributed by atoms with E-state index >= 15 is 0 Å². The Morgan fingerprint density at radius 3 is 3.00 bits per heavy atom. The lowest BCUT2D eigenvalue weighted by Gasteiger charge is -2.32. The summed E-state index contributed by atoms with van der Waals surface area (Å²) in [6.07, 6.45) is 6.08. The molecule has 2 aliphatic heterocycles. The highest BCUT2D eigenvalue weighted by atomic mass is 35.5. The number of halogens is 1. The molecule has 0 aliphatic carbocycles. The molecule has 0 N–H and O–H groups in total. The summed E-state index contributed by atoms with van der Waals surface area (Å²) in [6.45, 7) is 3.63. The Labute approximate surface area is 152 Å². The lowest BCUT2D eigenvalue weighted by atomic mass is 10.1. The van der Waals surface area contributed by atoms with Crippen LogP contribution in [0.1, 0.15) is 24.0 Å². The van der Waals surface area contributed by atoms with E-state index in [0.717, 1.165) is 60.1 Å². The van der Waals surface area contributed by atoms with Gasteiger partial charge in [-0.25, -0.2) is 0 Å². The van der Waals surface area contributed by atoms with Crippen LogP contribution in [-0.4, -0.2) is 35.9 Å². The Balaban J connectivity index is 1.35. The van der Waals surface area contributed by atoms with Gasteiger partial charge in [-0.1, -0.05) is 17.7 Å². The van der Waals surface area contributed by atoms with Crippen LogP contribution in [0, 0.1) is 0 Å². The molecule has 1 aromatic carbocycles. The molecular weight excluding hydrogens is 340 g/mol. The van der Waals surface area contributed by atoms with Gasteiger partial charge in [0.15, 0.2) is 11.5 Å². The van der Waals surface area contributed by atoms with Crippen LogP contribution in [0.15, 0.2) is 36.7 Å². The molecule has 1 atom stereocenters. The lowest BCUT2D eigenvalue weighted by molar-refractivity contribution is -0.0121. The molecule has 4 rings (SSSR count).